The van der Waals surface area contributed by atoms with E-state index < -0.39 is 11.5 Å². The maximum Gasteiger partial charge on any atom is 0.253 e. The Morgan fingerprint density at radius 2 is 2.03 bits per heavy atom. The lowest BCUT2D eigenvalue weighted by Crippen LogP contribution is -2.55. The Bertz CT molecular complexity index is 1120. The quantitative estimate of drug-likeness (QED) is 0.715. The van der Waals surface area contributed by atoms with E-state index in [2.05, 4.69) is 10.2 Å². The average molecular weight is 470 g/mol. The standard InChI is InChI=1S/C25H28ClN3O4/c1-4-28-21-9-7-15(26)12-18(21)25(24(28)31)19(13-16-6-5-11-29(16)25)23(30)27-20-14-17(32-2)8-10-22(20)33-3/h7-10,12,14,16,19H,4-6,11,13H2,1-3H3,(H,27,30)/t16-,19+,25+/m1/s1. The van der Waals surface area contributed by atoms with Gasteiger partial charge in [0.05, 0.1) is 25.8 Å². The van der Waals surface area contributed by atoms with Gasteiger partial charge in [0.15, 0.2) is 0 Å². The smallest absolute Gasteiger partial charge is 0.253 e. The first-order chi connectivity index (χ1) is 15.9. The summed E-state index contributed by atoms with van der Waals surface area (Å²) in [4.78, 5) is 32.0. The number of hydrogen-bond acceptors (Lipinski definition) is 5. The zero-order chi connectivity index (χ0) is 23.3. The van der Waals surface area contributed by atoms with Gasteiger partial charge in [-0.2, -0.15) is 0 Å². The van der Waals surface area contributed by atoms with Crippen LogP contribution in [0.25, 0.3) is 0 Å². The van der Waals surface area contributed by atoms with Crippen molar-refractivity contribution in [2.75, 3.05) is 37.5 Å². The van der Waals surface area contributed by atoms with Crippen LogP contribution in [0.15, 0.2) is 36.4 Å². The molecule has 3 atom stereocenters. The Labute approximate surface area is 198 Å². The first-order valence-corrected chi connectivity index (χ1v) is 11.7. The normalized spacial score (nSPS) is 25.9. The molecule has 3 aliphatic rings. The van der Waals surface area contributed by atoms with Gasteiger partial charge < -0.3 is 19.7 Å². The Kier molecular flexibility index (Phi) is 5.49. The second kappa shape index (κ2) is 8.22. The van der Waals surface area contributed by atoms with Crippen molar-refractivity contribution in [1.82, 2.24) is 4.90 Å². The minimum Gasteiger partial charge on any atom is -0.497 e. The molecule has 2 aromatic rings. The Balaban J connectivity index is 1.61. The maximum atomic E-state index is 14.1. The molecule has 2 saturated heterocycles. The minimum atomic E-state index is -1.05. The summed E-state index contributed by atoms with van der Waals surface area (Å²) in [7, 11) is 3.13. The van der Waals surface area contributed by atoms with Crippen LogP contribution >= 0.6 is 11.6 Å². The first-order valence-electron chi connectivity index (χ1n) is 11.4. The third-order valence-electron chi connectivity index (χ3n) is 7.37. The number of rotatable bonds is 5. The largest absolute Gasteiger partial charge is 0.497 e. The van der Waals surface area contributed by atoms with Crippen molar-refractivity contribution >= 4 is 34.8 Å². The van der Waals surface area contributed by atoms with Gasteiger partial charge in [-0.25, -0.2) is 0 Å². The second-order valence-corrected chi connectivity index (χ2v) is 9.25. The fourth-order valence-corrected chi connectivity index (χ4v) is 6.20. The molecule has 0 aliphatic carbocycles. The van der Waals surface area contributed by atoms with Gasteiger partial charge in [0.2, 0.25) is 5.91 Å². The molecule has 2 aromatic carbocycles. The summed E-state index contributed by atoms with van der Waals surface area (Å²) in [5.41, 5.74) is 1.15. The lowest BCUT2D eigenvalue weighted by molar-refractivity contribution is -0.136. The van der Waals surface area contributed by atoms with Crippen molar-refractivity contribution in [3.63, 3.8) is 0 Å². The van der Waals surface area contributed by atoms with Gasteiger partial charge in [-0.05, 0) is 63.1 Å². The van der Waals surface area contributed by atoms with Gasteiger partial charge in [0.1, 0.15) is 17.0 Å². The number of fused-ring (bicyclic) bond motifs is 4. The molecule has 33 heavy (non-hydrogen) atoms. The third-order valence-corrected chi connectivity index (χ3v) is 7.61. The van der Waals surface area contributed by atoms with E-state index in [4.69, 9.17) is 21.1 Å². The molecule has 3 heterocycles. The molecule has 5 rings (SSSR count). The summed E-state index contributed by atoms with van der Waals surface area (Å²) in [6.45, 7) is 3.28. The predicted octanol–water partition coefficient (Wildman–Crippen LogP) is 4.04. The summed E-state index contributed by atoms with van der Waals surface area (Å²) in [6, 6.07) is 11.0. The van der Waals surface area contributed by atoms with Gasteiger partial charge in [-0.15, -0.1) is 0 Å². The van der Waals surface area contributed by atoms with E-state index in [1.807, 2.05) is 25.1 Å². The van der Waals surface area contributed by atoms with Crippen molar-refractivity contribution in [3.05, 3.63) is 47.0 Å². The van der Waals surface area contributed by atoms with Crippen LogP contribution in [0.3, 0.4) is 0 Å². The van der Waals surface area contributed by atoms with Crippen molar-refractivity contribution in [1.29, 1.82) is 0 Å². The van der Waals surface area contributed by atoms with Crippen molar-refractivity contribution in [2.45, 2.75) is 37.8 Å². The zero-order valence-corrected chi connectivity index (χ0v) is 19.8. The van der Waals surface area contributed by atoms with E-state index in [9.17, 15) is 9.59 Å². The molecule has 1 N–H and O–H groups in total. The van der Waals surface area contributed by atoms with E-state index in [0.717, 1.165) is 30.6 Å². The summed E-state index contributed by atoms with van der Waals surface area (Å²) >= 11 is 6.42. The second-order valence-electron chi connectivity index (χ2n) is 8.81. The number of nitrogens with one attached hydrogen (secondary N) is 1. The number of likely N-dealkylation sites (N-methyl/N-ethyl adjacent to an activating group) is 1. The number of methoxy groups -OCH3 is 2. The van der Waals surface area contributed by atoms with Crippen LogP contribution in [0.5, 0.6) is 11.5 Å². The molecule has 1 spiro atoms. The number of carbonyl (C=O) groups excluding carboxylic acids is 2. The van der Waals surface area contributed by atoms with Crippen molar-refractivity contribution < 1.29 is 19.1 Å². The lowest BCUT2D eigenvalue weighted by atomic mass is 9.78. The molecule has 7 nitrogen and oxygen atoms in total. The van der Waals surface area contributed by atoms with E-state index in [1.54, 1.807) is 37.3 Å². The summed E-state index contributed by atoms with van der Waals surface area (Å²) in [5.74, 6) is 0.352. The van der Waals surface area contributed by atoms with E-state index >= 15 is 0 Å². The number of benzene rings is 2. The zero-order valence-electron chi connectivity index (χ0n) is 19.1. The highest BCUT2D eigenvalue weighted by molar-refractivity contribution is 6.31. The van der Waals surface area contributed by atoms with E-state index in [1.165, 1.54) is 0 Å². The number of amides is 2. The summed E-state index contributed by atoms with van der Waals surface area (Å²) in [6.07, 6.45) is 2.61. The first kappa shape index (κ1) is 22.0. The van der Waals surface area contributed by atoms with E-state index in [-0.39, 0.29) is 17.9 Å². The van der Waals surface area contributed by atoms with Crippen molar-refractivity contribution in [3.8, 4) is 11.5 Å². The monoisotopic (exact) mass is 469 g/mol. The van der Waals surface area contributed by atoms with Crippen LogP contribution in [-0.4, -0.2) is 50.1 Å². The van der Waals surface area contributed by atoms with Gasteiger partial charge in [0.25, 0.3) is 5.91 Å². The molecular formula is C25H28ClN3O4. The number of carbonyl (C=O) groups is 2. The number of anilines is 2. The van der Waals surface area contributed by atoms with E-state index in [0.29, 0.717) is 35.2 Å². The third kappa shape index (κ3) is 3.13. The fourth-order valence-electron chi connectivity index (χ4n) is 6.02. The highest BCUT2D eigenvalue weighted by atomic mass is 35.5. The predicted molar refractivity (Wildman–Crippen MR) is 127 cm³/mol. The van der Waals surface area contributed by atoms with Gasteiger partial charge in [-0.1, -0.05) is 11.6 Å². The SMILES string of the molecule is CCN1C(=O)[C@]2(c3cc(Cl)ccc31)[C@H](C(=O)Nc1cc(OC)ccc1OC)C[C@H]1CCCN12. The molecule has 2 amide bonds. The van der Waals surface area contributed by atoms with Gasteiger partial charge in [0, 0.05) is 34.9 Å². The van der Waals surface area contributed by atoms with Crippen LogP contribution in [0.2, 0.25) is 5.02 Å². The van der Waals surface area contributed by atoms with Gasteiger partial charge >= 0.3 is 0 Å². The molecule has 2 fully saturated rings. The highest BCUT2D eigenvalue weighted by Crippen LogP contribution is 2.57. The van der Waals surface area contributed by atoms with Crippen LogP contribution in [0, 0.1) is 5.92 Å². The lowest BCUT2D eigenvalue weighted by Gasteiger charge is -2.37. The molecule has 174 valence electrons. The van der Waals surface area contributed by atoms with Crippen molar-refractivity contribution in [2.24, 2.45) is 5.92 Å². The maximum absolute atomic E-state index is 14.1. The van der Waals surface area contributed by atoms with Crippen LogP contribution in [0.4, 0.5) is 11.4 Å². The summed E-state index contributed by atoms with van der Waals surface area (Å²) < 4.78 is 10.8. The molecule has 8 heteroatoms. The molecule has 3 aliphatic heterocycles. The Hall–Kier alpha value is -2.77. The van der Waals surface area contributed by atoms with Crippen LogP contribution in [-0.2, 0) is 15.1 Å². The number of ether oxygens (including phenoxy) is 2. The van der Waals surface area contributed by atoms with Gasteiger partial charge in [-0.3, -0.25) is 14.5 Å². The Morgan fingerprint density at radius 1 is 1.21 bits per heavy atom. The molecule has 0 bridgehead atoms. The molecule has 0 unspecified atom stereocenters. The van der Waals surface area contributed by atoms with Crippen LogP contribution < -0.4 is 19.7 Å². The molecular weight excluding hydrogens is 442 g/mol. The average Bonchev–Trinajstić information content (AvgIpc) is 3.46. The minimum absolute atomic E-state index is 0.0376. The Morgan fingerprint density at radius 3 is 2.76 bits per heavy atom. The topological polar surface area (TPSA) is 71.1 Å². The molecule has 0 radical (unpaired) electrons. The fraction of sp³-hybridized carbons (Fsp3) is 0.440. The number of nitrogens with zero attached hydrogens (tertiary/aromatic N) is 2. The number of halogens is 1. The molecule has 0 saturated carbocycles. The van der Waals surface area contributed by atoms with Crippen LogP contribution in [0.1, 0.15) is 31.7 Å². The summed E-state index contributed by atoms with van der Waals surface area (Å²) in [5, 5.41) is 3.61. The molecule has 0 aromatic heterocycles. The number of hydrogen-bond donors (Lipinski definition) is 1. The highest BCUT2D eigenvalue weighted by Gasteiger charge is 2.67.